The number of ether oxygens (including phenoxy) is 1. The summed E-state index contributed by atoms with van der Waals surface area (Å²) in [7, 11) is 0. The van der Waals surface area contributed by atoms with Gasteiger partial charge in [-0.15, -0.1) is 0 Å². The lowest BCUT2D eigenvalue weighted by Crippen LogP contribution is -2.06. The number of nitrogens with one attached hydrogen (secondary N) is 1. The Morgan fingerprint density at radius 1 is 1.60 bits per heavy atom. The molecule has 1 aromatic carbocycles. The first kappa shape index (κ1) is 12.2. The molecular weight excluding hydrogens is 258 g/mol. The molecule has 0 aliphatic heterocycles. The van der Waals surface area contributed by atoms with E-state index in [2.05, 4.69) is 28.0 Å². The van der Waals surface area contributed by atoms with Gasteiger partial charge in [0.05, 0.1) is 4.47 Å². The van der Waals surface area contributed by atoms with Crippen LogP contribution in [-0.4, -0.2) is 11.8 Å². The molecule has 0 bridgehead atoms. The minimum Gasteiger partial charge on any atom is -0.488 e. The highest BCUT2D eigenvalue weighted by molar-refractivity contribution is 9.10. The molecular formula is C11H14BrNO2. The molecule has 2 N–H and O–H groups in total. The Bertz CT molecular complexity index is 352. The zero-order chi connectivity index (χ0) is 11.3. The van der Waals surface area contributed by atoms with Gasteiger partial charge in [-0.3, -0.25) is 0 Å². The molecule has 0 atom stereocenters. The van der Waals surface area contributed by atoms with Crippen LogP contribution < -0.4 is 10.2 Å². The van der Waals surface area contributed by atoms with Crippen LogP contribution in [0.5, 0.6) is 5.75 Å². The third-order valence-electron chi connectivity index (χ3n) is 1.75. The molecule has 0 aliphatic rings. The average molecular weight is 272 g/mol. The highest BCUT2D eigenvalue weighted by Gasteiger charge is 2.02. The number of hydroxylamine groups is 1. The first-order valence-corrected chi connectivity index (χ1v) is 5.35. The van der Waals surface area contributed by atoms with Crippen molar-refractivity contribution < 1.29 is 9.94 Å². The van der Waals surface area contributed by atoms with E-state index in [-0.39, 0.29) is 0 Å². The van der Waals surface area contributed by atoms with E-state index in [0.717, 1.165) is 21.4 Å². The fraction of sp³-hybridized carbons (Fsp3) is 0.273. The summed E-state index contributed by atoms with van der Waals surface area (Å²) in [6.07, 6.45) is 0. The van der Waals surface area contributed by atoms with Crippen LogP contribution in [-0.2, 0) is 6.54 Å². The summed E-state index contributed by atoms with van der Waals surface area (Å²) in [5.41, 5.74) is 4.06. The molecule has 1 aromatic rings. The maximum absolute atomic E-state index is 8.55. The molecule has 0 aromatic heterocycles. The van der Waals surface area contributed by atoms with Crippen molar-refractivity contribution in [2.75, 3.05) is 6.61 Å². The van der Waals surface area contributed by atoms with E-state index in [4.69, 9.17) is 9.94 Å². The normalized spacial score (nSPS) is 10.1. The standard InChI is InChI=1S/C11H14BrNO2/c1-8(2)7-15-11-4-3-9(6-13-14)5-10(11)12/h3-5,13-14H,1,6-7H2,2H3. The van der Waals surface area contributed by atoms with Crippen LogP contribution in [0.15, 0.2) is 34.8 Å². The molecule has 1 rings (SSSR count). The Balaban J connectivity index is 2.70. The summed E-state index contributed by atoms with van der Waals surface area (Å²) in [4.78, 5) is 0. The van der Waals surface area contributed by atoms with Crippen molar-refractivity contribution in [3.8, 4) is 5.75 Å². The molecule has 0 radical (unpaired) electrons. The van der Waals surface area contributed by atoms with Crippen molar-refractivity contribution in [2.45, 2.75) is 13.5 Å². The van der Waals surface area contributed by atoms with Crippen LogP contribution in [0.2, 0.25) is 0 Å². The summed E-state index contributed by atoms with van der Waals surface area (Å²) in [6.45, 7) is 6.60. The molecule has 0 fully saturated rings. The number of hydrogen-bond acceptors (Lipinski definition) is 3. The third kappa shape index (κ3) is 4.03. The Morgan fingerprint density at radius 2 is 2.33 bits per heavy atom. The first-order valence-electron chi connectivity index (χ1n) is 4.56. The zero-order valence-corrected chi connectivity index (χ0v) is 10.2. The predicted molar refractivity (Wildman–Crippen MR) is 63.1 cm³/mol. The van der Waals surface area contributed by atoms with Gasteiger partial charge in [-0.2, -0.15) is 0 Å². The number of halogens is 1. The number of rotatable bonds is 5. The van der Waals surface area contributed by atoms with Crippen LogP contribution in [0.4, 0.5) is 0 Å². The van der Waals surface area contributed by atoms with Crippen molar-refractivity contribution in [3.63, 3.8) is 0 Å². The van der Waals surface area contributed by atoms with Gasteiger partial charge in [0.25, 0.3) is 0 Å². The van der Waals surface area contributed by atoms with E-state index in [1.54, 1.807) is 0 Å². The molecule has 0 amide bonds. The van der Waals surface area contributed by atoms with Gasteiger partial charge in [-0.1, -0.05) is 12.6 Å². The van der Waals surface area contributed by atoms with E-state index in [1.165, 1.54) is 0 Å². The van der Waals surface area contributed by atoms with Crippen molar-refractivity contribution >= 4 is 15.9 Å². The summed E-state index contributed by atoms with van der Waals surface area (Å²) < 4.78 is 6.37. The highest BCUT2D eigenvalue weighted by atomic mass is 79.9. The van der Waals surface area contributed by atoms with Gasteiger partial charge in [-0.05, 0) is 46.1 Å². The average Bonchev–Trinajstić information content (AvgIpc) is 2.17. The Hall–Kier alpha value is -0.840. The van der Waals surface area contributed by atoms with Crippen molar-refractivity contribution in [2.24, 2.45) is 0 Å². The van der Waals surface area contributed by atoms with Crippen LogP contribution in [0.1, 0.15) is 12.5 Å². The molecule has 0 saturated heterocycles. The fourth-order valence-electron chi connectivity index (χ4n) is 1.06. The SMILES string of the molecule is C=C(C)COc1ccc(CNO)cc1Br. The highest BCUT2D eigenvalue weighted by Crippen LogP contribution is 2.26. The van der Waals surface area contributed by atoms with Gasteiger partial charge in [0.2, 0.25) is 0 Å². The van der Waals surface area contributed by atoms with Gasteiger partial charge in [0.1, 0.15) is 12.4 Å². The topological polar surface area (TPSA) is 41.5 Å². The molecule has 0 unspecified atom stereocenters. The van der Waals surface area contributed by atoms with Gasteiger partial charge < -0.3 is 9.94 Å². The second-order valence-electron chi connectivity index (χ2n) is 3.35. The van der Waals surface area contributed by atoms with Crippen LogP contribution in [0.25, 0.3) is 0 Å². The Morgan fingerprint density at radius 3 is 2.87 bits per heavy atom. The van der Waals surface area contributed by atoms with Crippen molar-refractivity contribution in [1.82, 2.24) is 5.48 Å². The Kier molecular flexibility index (Phi) is 4.81. The lowest BCUT2D eigenvalue weighted by atomic mass is 10.2. The van der Waals surface area contributed by atoms with Crippen LogP contribution >= 0.6 is 15.9 Å². The Labute approximate surface area is 97.8 Å². The van der Waals surface area contributed by atoms with E-state index >= 15 is 0 Å². The van der Waals surface area contributed by atoms with Crippen LogP contribution in [0.3, 0.4) is 0 Å². The lowest BCUT2D eigenvalue weighted by Gasteiger charge is -2.09. The molecule has 0 aliphatic carbocycles. The maximum Gasteiger partial charge on any atom is 0.133 e. The quantitative estimate of drug-likeness (QED) is 0.639. The summed E-state index contributed by atoms with van der Waals surface area (Å²) in [5.74, 6) is 0.777. The minimum absolute atomic E-state index is 0.416. The molecule has 82 valence electrons. The van der Waals surface area contributed by atoms with E-state index in [0.29, 0.717) is 13.2 Å². The molecule has 0 heterocycles. The van der Waals surface area contributed by atoms with Crippen molar-refractivity contribution in [1.29, 1.82) is 0 Å². The first-order chi connectivity index (χ1) is 7.13. The summed E-state index contributed by atoms with van der Waals surface area (Å²) in [6, 6.07) is 5.65. The van der Waals surface area contributed by atoms with E-state index in [9.17, 15) is 0 Å². The van der Waals surface area contributed by atoms with Gasteiger partial charge in [-0.25, -0.2) is 5.48 Å². The summed E-state index contributed by atoms with van der Waals surface area (Å²) >= 11 is 3.40. The van der Waals surface area contributed by atoms with E-state index in [1.807, 2.05) is 25.1 Å². The molecule has 15 heavy (non-hydrogen) atoms. The zero-order valence-electron chi connectivity index (χ0n) is 8.59. The summed E-state index contributed by atoms with van der Waals surface area (Å²) in [5, 5.41) is 8.55. The molecule has 0 spiro atoms. The largest absolute Gasteiger partial charge is 0.488 e. The molecule has 3 nitrogen and oxygen atoms in total. The fourth-order valence-corrected chi connectivity index (χ4v) is 1.60. The number of hydrogen-bond donors (Lipinski definition) is 2. The third-order valence-corrected chi connectivity index (χ3v) is 2.37. The van der Waals surface area contributed by atoms with Gasteiger partial charge in [0.15, 0.2) is 0 Å². The monoisotopic (exact) mass is 271 g/mol. The van der Waals surface area contributed by atoms with E-state index < -0.39 is 0 Å². The molecule has 0 saturated carbocycles. The van der Waals surface area contributed by atoms with Gasteiger partial charge in [0, 0.05) is 6.54 Å². The minimum atomic E-state index is 0.416. The maximum atomic E-state index is 8.55. The predicted octanol–water partition coefficient (Wildman–Crippen LogP) is 2.88. The van der Waals surface area contributed by atoms with Crippen molar-refractivity contribution in [3.05, 3.63) is 40.4 Å². The van der Waals surface area contributed by atoms with Gasteiger partial charge >= 0.3 is 0 Å². The van der Waals surface area contributed by atoms with Crippen LogP contribution in [0, 0.1) is 0 Å². The number of benzene rings is 1. The smallest absolute Gasteiger partial charge is 0.133 e. The molecule has 4 heteroatoms. The second kappa shape index (κ2) is 5.90. The second-order valence-corrected chi connectivity index (χ2v) is 4.20. The lowest BCUT2D eigenvalue weighted by molar-refractivity contribution is 0.161.